The molecule has 7 amide bonds. The molecule has 1 saturated heterocycles. The van der Waals surface area contributed by atoms with Crippen molar-refractivity contribution < 1.29 is 82.8 Å². The molecule has 4 saturated carbocycles. The van der Waals surface area contributed by atoms with Gasteiger partial charge in [0, 0.05) is 92.8 Å². The van der Waals surface area contributed by atoms with Crippen LogP contribution < -0.4 is 25.6 Å². The van der Waals surface area contributed by atoms with Crippen LogP contribution in [0.3, 0.4) is 0 Å². The Morgan fingerprint density at radius 3 is 2.41 bits per heavy atom. The number of benzene rings is 3. The number of ether oxygens (including phenoxy) is 4. The third-order valence-electron chi connectivity index (χ3n) is 20.0. The second-order valence-electron chi connectivity index (χ2n) is 27.4. The Labute approximate surface area is 573 Å². The first kappa shape index (κ1) is 69.5. The average Bonchev–Trinajstić information content (AvgIpc) is 1.50. The Hall–Kier alpha value is -9.45. The van der Waals surface area contributed by atoms with E-state index >= 15 is 0 Å². The van der Waals surface area contributed by atoms with Crippen molar-refractivity contribution in [2.24, 2.45) is 16.2 Å². The van der Waals surface area contributed by atoms with Crippen molar-refractivity contribution in [2.45, 2.75) is 141 Å². The number of aromatic carboxylic acids is 1. The third kappa shape index (κ3) is 14.7. The third-order valence-corrected chi connectivity index (χ3v) is 21.0. The number of likely N-dealkylation sites (N-methyl/N-ethyl adjacent to an activating group) is 1. The molecule has 3 aliphatic heterocycles. The number of carboxylic acid groups (broad SMARTS) is 2. The molecule has 9 atom stereocenters. The molecule has 3 aromatic heterocycles. The molecular weight excluding hydrogens is 1300 g/mol. The van der Waals surface area contributed by atoms with Gasteiger partial charge in [-0.2, -0.15) is 5.10 Å². The lowest BCUT2D eigenvalue weighted by molar-refractivity contribution is -0.271. The van der Waals surface area contributed by atoms with E-state index in [1.165, 1.54) is 40.5 Å². The Bertz CT molecular complexity index is 4180. The molecule has 3 aromatic carbocycles. The molecule has 6 aromatic rings. The summed E-state index contributed by atoms with van der Waals surface area (Å²) in [6.45, 7) is 8.21. The Kier molecular flexibility index (Phi) is 19.9. The smallest absolute Gasteiger partial charge is 0.409 e. The fourth-order valence-corrected chi connectivity index (χ4v) is 16.7. The minimum Gasteiger partial charge on any atom is -0.479 e. The van der Waals surface area contributed by atoms with Gasteiger partial charge in [0.1, 0.15) is 30.7 Å². The van der Waals surface area contributed by atoms with Crippen LogP contribution in [0.25, 0.3) is 38.7 Å². The number of nitrogens with one attached hydrogen (secondary N) is 3. The minimum atomic E-state index is -1.98. The molecule has 522 valence electrons. The number of rotatable bonds is 26. The fraction of sp³-hybridized carbons (Fsp3) is 0.451. The maximum absolute atomic E-state index is 13.8. The van der Waals surface area contributed by atoms with Crippen LogP contribution in [-0.2, 0) is 51.1 Å². The molecular formula is C71H80N10O17S. The van der Waals surface area contributed by atoms with E-state index < -0.39 is 60.2 Å². The summed E-state index contributed by atoms with van der Waals surface area (Å²) in [4.78, 5) is 115. The number of para-hydroxylation sites is 1. The van der Waals surface area contributed by atoms with Gasteiger partial charge in [0.05, 0.1) is 40.0 Å². The average molecular weight is 1380 g/mol. The van der Waals surface area contributed by atoms with Gasteiger partial charge in [0.15, 0.2) is 16.9 Å². The zero-order valence-electron chi connectivity index (χ0n) is 55.3. The molecule has 13 rings (SSSR count). The molecule has 7 aliphatic rings. The summed E-state index contributed by atoms with van der Waals surface area (Å²) in [5, 5.41) is 65.5. The number of nitrogens with zero attached hydrogens (tertiary/aromatic N) is 7. The summed E-state index contributed by atoms with van der Waals surface area (Å²) < 4.78 is 26.7. The number of aliphatic hydroxyl groups excluding tert-OH is 3. The normalized spacial score (nSPS) is 25.1. The number of hydrogen-bond donors (Lipinski definition) is 8. The lowest BCUT2D eigenvalue weighted by Crippen LogP contribution is -2.61. The number of anilines is 3. The summed E-state index contributed by atoms with van der Waals surface area (Å²) in [5.74, 6) is -4.55. The lowest BCUT2D eigenvalue weighted by Gasteiger charge is -2.46. The first-order valence-corrected chi connectivity index (χ1v) is 34.0. The molecule has 5 fully saturated rings. The standard InChI is InChI=1S/C71H80N10O17S/c1-41-46(45-20-21-47(75-57(45)62(89)90)44-19-18-43-13-10-28-79(50(43)33-44)66(93)77-65-76-48-14-7-8-15-52(48)99-65)34-73-81(41)40-70-36-68(2)35-69(3,38-70)71(37-68,39-70)96-31-29-78(4)67(94)95-30-11-12-42-17-22-51(97-64-60(88)58(86)59(87)61(98-64)63(91)92)49(32-42)74-54(83)25-26-72-53(82)16-6-5-9-27-80-55(84)23-24-56(80)85/h7-8,11-12,14-15,17-24,32-34,58-61,64,86-88H,5-6,9-10,13,16,25-31,35-40H2,1-4H3,(H,72,82)(H,74,83)(H,89,90)(H,91,92)(H,76,77,93)/b12-11+/t58-,59-,60+,61-,64+,68?,69?,70?,71?/m0/s1. The molecule has 0 spiro atoms. The van der Waals surface area contributed by atoms with Crippen LogP contribution in [0.2, 0.25) is 0 Å². The van der Waals surface area contributed by atoms with Crippen LogP contribution in [0.15, 0.2) is 97.2 Å². The Balaban J connectivity index is 0.644. The predicted octanol–water partition coefficient (Wildman–Crippen LogP) is 7.94. The van der Waals surface area contributed by atoms with Crippen LogP contribution in [0.1, 0.15) is 112 Å². The van der Waals surface area contributed by atoms with Crippen LogP contribution in [0, 0.1) is 23.2 Å². The minimum absolute atomic E-state index is 0.00841. The number of urea groups is 1. The van der Waals surface area contributed by atoms with E-state index in [9.17, 15) is 63.9 Å². The number of aromatic nitrogens is 4. The zero-order chi connectivity index (χ0) is 70.1. The van der Waals surface area contributed by atoms with Crippen molar-refractivity contribution in [1.29, 1.82) is 0 Å². The van der Waals surface area contributed by atoms with Crippen molar-refractivity contribution in [1.82, 2.24) is 34.9 Å². The van der Waals surface area contributed by atoms with Gasteiger partial charge in [-0.15, -0.1) is 0 Å². The Morgan fingerprint density at radius 2 is 1.64 bits per heavy atom. The summed E-state index contributed by atoms with van der Waals surface area (Å²) in [5.41, 5.74) is 5.15. The molecule has 28 heteroatoms. The highest BCUT2D eigenvalue weighted by molar-refractivity contribution is 7.22. The molecule has 6 heterocycles. The van der Waals surface area contributed by atoms with E-state index in [1.54, 1.807) is 42.4 Å². The zero-order valence-corrected chi connectivity index (χ0v) is 56.1. The summed E-state index contributed by atoms with van der Waals surface area (Å²) >= 11 is 1.41. The highest BCUT2D eigenvalue weighted by atomic mass is 32.1. The van der Waals surface area contributed by atoms with Gasteiger partial charge in [-0.1, -0.05) is 68.0 Å². The predicted molar refractivity (Wildman–Crippen MR) is 362 cm³/mol. The van der Waals surface area contributed by atoms with Gasteiger partial charge < -0.3 is 60.0 Å². The molecule has 0 radical (unpaired) electrons. The number of amides is 7. The number of hydrogen-bond acceptors (Lipinski definition) is 19. The van der Waals surface area contributed by atoms with E-state index in [4.69, 9.17) is 29.0 Å². The van der Waals surface area contributed by atoms with Gasteiger partial charge in [0.25, 0.3) is 11.8 Å². The number of aliphatic hydroxyl groups is 3. The van der Waals surface area contributed by atoms with Gasteiger partial charge in [-0.3, -0.25) is 39.0 Å². The van der Waals surface area contributed by atoms with Gasteiger partial charge >= 0.3 is 24.1 Å². The summed E-state index contributed by atoms with van der Waals surface area (Å²) in [7, 11) is 1.62. The van der Waals surface area contributed by atoms with Gasteiger partial charge in [-0.05, 0) is 141 Å². The van der Waals surface area contributed by atoms with E-state index in [0.29, 0.717) is 65.4 Å². The maximum atomic E-state index is 13.8. The van der Waals surface area contributed by atoms with Crippen molar-refractivity contribution in [2.75, 3.05) is 62.0 Å². The molecule has 4 unspecified atom stereocenters. The quantitative estimate of drug-likeness (QED) is 0.0189. The fourth-order valence-electron chi connectivity index (χ4n) is 15.9. The van der Waals surface area contributed by atoms with Crippen LogP contribution >= 0.6 is 11.3 Å². The van der Waals surface area contributed by atoms with E-state index in [1.807, 2.05) is 60.1 Å². The number of aliphatic carboxylic acids is 1. The number of pyridine rings is 1. The van der Waals surface area contributed by atoms with Crippen molar-refractivity contribution in [3.05, 3.63) is 120 Å². The van der Waals surface area contributed by atoms with Crippen molar-refractivity contribution >= 4 is 91.8 Å². The number of fused-ring (bicyclic) bond motifs is 2. The SMILES string of the molecule is Cc1c(-c2ccc(-c3ccc4c(c3)N(C(=O)Nc3nc5ccccc5s3)CCC4)nc2C(=O)O)cnn1CC12CC3(C)CC(C)(C1)C(OCCN(C)C(=O)OC/C=C/c1ccc(O[C@@H]4O[C@H](C(=O)O)[C@@H](O)[C@H](O)[C@H]4O)c(NC(=O)CCNC(=O)CCCCCN4C(=O)C=CC4=O)c1)(C3)C2. The van der Waals surface area contributed by atoms with Gasteiger partial charge in [0.2, 0.25) is 18.1 Å². The number of carbonyl (C=O) groups is 8. The van der Waals surface area contributed by atoms with Gasteiger partial charge in [-0.25, -0.2) is 29.1 Å². The first-order valence-electron chi connectivity index (χ1n) is 33.2. The summed E-state index contributed by atoms with van der Waals surface area (Å²) in [6, 6.07) is 21.2. The topological polar surface area (TPSA) is 364 Å². The van der Waals surface area contributed by atoms with E-state index in [2.05, 4.69) is 34.8 Å². The molecule has 99 heavy (non-hydrogen) atoms. The monoisotopic (exact) mass is 1380 g/mol. The lowest BCUT2D eigenvalue weighted by atomic mass is 9.60. The number of carboxylic acids is 2. The molecule has 27 nitrogen and oxygen atoms in total. The highest BCUT2D eigenvalue weighted by Gasteiger charge is 2.74. The second-order valence-corrected chi connectivity index (χ2v) is 28.5. The number of imide groups is 1. The highest BCUT2D eigenvalue weighted by Crippen LogP contribution is 2.77. The van der Waals surface area contributed by atoms with Crippen molar-refractivity contribution in [3.8, 4) is 28.1 Å². The maximum Gasteiger partial charge on any atom is 0.409 e. The molecule has 4 aliphatic carbocycles. The first-order chi connectivity index (χ1) is 47.3. The summed E-state index contributed by atoms with van der Waals surface area (Å²) in [6.07, 6.45) is 4.72. The Morgan fingerprint density at radius 1 is 0.838 bits per heavy atom. The van der Waals surface area contributed by atoms with Crippen molar-refractivity contribution in [3.63, 3.8) is 0 Å². The number of thiazole rings is 1. The number of carbonyl (C=O) groups excluding carboxylic acids is 6. The van der Waals surface area contributed by atoms with E-state index in [-0.39, 0.29) is 103 Å². The largest absolute Gasteiger partial charge is 0.479 e. The number of aryl methyl sites for hydroxylation is 1. The van der Waals surface area contributed by atoms with Crippen LogP contribution in [0.4, 0.5) is 26.1 Å². The van der Waals surface area contributed by atoms with E-state index in [0.717, 1.165) is 77.0 Å². The molecule has 8 N–H and O–H groups in total. The molecule has 4 bridgehead atoms. The van der Waals surface area contributed by atoms with Crippen LogP contribution in [0.5, 0.6) is 5.75 Å². The van der Waals surface area contributed by atoms with Crippen LogP contribution in [-0.4, -0.2) is 186 Å². The second kappa shape index (κ2) is 28.4. The number of unbranched alkanes of at least 4 members (excludes halogenated alkanes) is 2.